The molecule has 2 N–H and O–H groups in total. The van der Waals surface area contributed by atoms with Crippen molar-refractivity contribution < 1.29 is 9.59 Å². The van der Waals surface area contributed by atoms with Gasteiger partial charge in [0, 0.05) is 19.8 Å². The molecule has 2 rings (SSSR count). The highest BCUT2D eigenvalue weighted by atomic mass is 35.5. The predicted molar refractivity (Wildman–Crippen MR) is 85.7 cm³/mol. The molecule has 0 aliphatic carbocycles. The minimum atomic E-state index is -0.0787. The highest BCUT2D eigenvalue weighted by Crippen LogP contribution is 2.13. The Hall–Kier alpha value is -1.59. The fourth-order valence-corrected chi connectivity index (χ4v) is 2.18. The van der Waals surface area contributed by atoms with Crippen molar-refractivity contribution in [1.82, 2.24) is 10.2 Å². The van der Waals surface area contributed by atoms with Crippen LogP contribution in [-0.2, 0) is 16.0 Å². The largest absolute Gasteiger partial charge is 0.349 e. The van der Waals surface area contributed by atoms with Gasteiger partial charge >= 0.3 is 0 Å². The maximum Gasteiger partial charge on any atom is 0.241 e. The molecule has 2 amide bonds. The van der Waals surface area contributed by atoms with Crippen LogP contribution in [0.4, 0.5) is 5.69 Å². The van der Waals surface area contributed by atoms with Crippen LogP contribution in [0.1, 0.15) is 18.4 Å². The molecule has 1 aliphatic rings. The molecule has 1 atom stereocenters. The monoisotopic (exact) mass is 311 g/mol. The molecule has 1 heterocycles. The summed E-state index contributed by atoms with van der Waals surface area (Å²) in [5.41, 5.74) is 1.71. The van der Waals surface area contributed by atoms with Crippen molar-refractivity contribution in [3.63, 3.8) is 0 Å². The smallest absolute Gasteiger partial charge is 0.241 e. The van der Waals surface area contributed by atoms with Gasteiger partial charge in [-0.05, 0) is 37.1 Å². The third-order valence-corrected chi connectivity index (χ3v) is 3.45. The molecule has 0 radical (unpaired) electrons. The van der Waals surface area contributed by atoms with E-state index >= 15 is 0 Å². The van der Waals surface area contributed by atoms with Gasteiger partial charge in [0.25, 0.3) is 0 Å². The zero-order chi connectivity index (χ0) is 14.5. The lowest BCUT2D eigenvalue weighted by molar-refractivity contribution is -0.128. The van der Waals surface area contributed by atoms with Gasteiger partial charge in [-0.2, -0.15) is 0 Å². The SMILES string of the molecule is CN(C)C(=O)Cc1ccc(NC(=O)C2CCCN2)cc1.Cl. The molecule has 6 heteroatoms. The third kappa shape index (κ3) is 5.02. The molecule has 1 unspecified atom stereocenters. The van der Waals surface area contributed by atoms with Gasteiger partial charge in [0.15, 0.2) is 0 Å². The maximum atomic E-state index is 11.9. The molecular weight excluding hydrogens is 290 g/mol. The summed E-state index contributed by atoms with van der Waals surface area (Å²) in [5, 5.41) is 6.05. The van der Waals surface area contributed by atoms with E-state index in [4.69, 9.17) is 0 Å². The molecule has 1 aliphatic heterocycles. The van der Waals surface area contributed by atoms with Crippen LogP contribution < -0.4 is 10.6 Å². The molecule has 0 bridgehead atoms. The van der Waals surface area contributed by atoms with Gasteiger partial charge in [0.2, 0.25) is 11.8 Å². The van der Waals surface area contributed by atoms with Gasteiger partial charge in [0.1, 0.15) is 0 Å². The number of carbonyl (C=O) groups excluding carboxylic acids is 2. The Balaban J connectivity index is 0.00000220. The normalized spacial score (nSPS) is 17.0. The van der Waals surface area contributed by atoms with E-state index < -0.39 is 0 Å². The van der Waals surface area contributed by atoms with Crippen molar-refractivity contribution in [2.75, 3.05) is 26.0 Å². The van der Waals surface area contributed by atoms with E-state index in [9.17, 15) is 9.59 Å². The van der Waals surface area contributed by atoms with Gasteiger partial charge in [-0.15, -0.1) is 12.4 Å². The van der Waals surface area contributed by atoms with E-state index in [1.807, 2.05) is 24.3 Å². The number of hydrogen-bond acceptors (Lipinski definition) is 3. The van der Waals surface area contributed by atoms with Crippen molar-refractivity contribution in [3.05, 3.63) is 29.8 Å². The number of benzene rings is 1. The van der Waals surface area contributed by atoms with E-state index in [0.717, 1.165) is 30.6 Å². The summed E-state index contributed by atoms with van der Waals surface area (Å²) in [4.78, 5) is 25.1. The van der Waals surface area contributed by atoms with E-state index in [1.165, 1.54) is 0 Å². The van der Waals surface area contributed by atoms with Gasteiger partial charge < -0.3 is 15.5 Å². The standard InChI is InChI=1S/C15H21N3O2.ClH/c1-18(2)14(19)10-11-5-7-12(8-6-11)17-15(20)13-4-3-9-16-13;/h5-8,13,16H,3-4,9-10H2,1-2H3,(H,17,20);1H. The summed E-state index contributed by atoms with van der Waals surface area (Å²) in [6, 6.07) is 7.35. The summed E-state index contributed by atoms with van der Waals surface area (Å²) in [6.45, 7) is 0.906. The van der Waals surface area contributed by atoms with Crippen LogP contribution >= 0.6 is 12.4 Å². The molecule has 0 aromatic heterocycles. The molecule has 1 aromatic rings. The van der Waals surface area contributed by atoms with Crippen LogP contribution in [0.5, 0.6) is 0 Å². The van der Waals surface area contributed by atoms with E-state index in [2.05, 4.69) is 10.6 Å². The summed E-state index contributed by atoms with van der Waals surface area (Å²) in [5.74, 6) is 0.0801. The Kier molecular flexibility index (Phi) is 6.65. The lowest BCUT2D eigenvalue weighted by Gasteiger charge is -2.12. The Labute approximate surface area is 131 Å². The molecule has 1 fully saturated rings. The number of anilines is 1. The second-order valence-corrected chi connectivity index (χ2v) is 5.30. The van der Waals surface area contributed by atoms with Crippen LogP contribution in [0.3, 0.4) is 0 Å². The minimum Gasteiger partial charge on any atom is -0.349 e. The van der Waals surface area contributed by atoms with Crippen LogP contribution in [0.2, 0.25) is 0 Å². The first-order valence-electron chi connectivity index (χ1n) is 6.89. The summed E-state index contributed by atoms with van der Waals surface area (Å²) >= 11 is 0. The van der Waals surface area contributed by atoms with Gasteiger partial charge in [-0.3, -0.25) is 9.59 Å². The quantitative estimate of drug-likeness (QED) is 0.884. The Morgan fingerprint density at radius 1 is 1.29 bits per heavy atom. The van der Waals surface area contributed by atoms with Crippen LogP contribution in [0.15, 0.2) is 24.3 Å². The zero-order valence-corrected chi connectivity index (χ0v) is 13.2. The second kappa shape index (κ2) is 8.00. The van der Waals surface area contributed by atoms with Crippen molar-refractivity contribution >= 4 is 29.9 Å². The van der Waals surface area contributed by atoms with Gasteiger partial charge in [0.05, 0.1) is 12.5 Å². The third-order valence-electron chi connectivity index (χ3n) is 3.45. The van der Waals surface area contributed by atoms with E-state index in [0.29, 0.717) is 6.42 Å². The lowest BCUT2D eigenvalue weighted by Crippen LogP contribution is -2.35. The number of nitrogens with one attached hydrogen (secondary N) is 2. The van der Waals surface area contributed by atoms with Crippen molar-refractivity contribution in [2.45, 2.75) is 25.3 Å². The summed E-state index contributed by atoms with van der Waals surface area (Å²) in [6.07, 6.45) is 2.32. The second-order valence-electron chi connectivity index (χ2n) is 5.30. The molecule has 1 saturated heterocycles. The number of likely N-dealkylation sites (N-methyl/N-ethyl adjacent to an activating group) is 1. The van der Waals surface area contributed by atoms with Crippen LogP contribution in [-0.4, -0.2) is 43.4 Å². The fourth-order valence-electron chi connectivity index (χ4n) is 2.18. The van der Waals surface area contributed by atoms with E-state index in [-0.39, 0.29) is 30.3 Å². The summed E-state index contributed by atoms with van der Waals surface area (Å²) in [7, 11) is 3.48. The van der Waals surface area contributed by atoms with E-state index in [1.54, 1.807) is 19.0 Å². The minimum absolute atomic E-state index is 0. The molecular formula is C15H22ClN3O2. The highest BCUT2D eigenvalue weighted by Gasteiger charge is 2.21. The highest BCUT2D eigenvalue weighted by molar-refractivity contribution is 5.95. The Morgan fingerprint density at radius 3 is 2.48 bits per heavy atom. The topological polar surface area (TPSA) is 61.4 Å². The average molecular weight is 312 g/mol. The number of nitrogens with zero attached hydrogens (tertiary/aromatic N) is 1. The molecule has 0 saturated carbocycles. The first-order chi connectivity index (χ1) is 9.56. The maximum absolute atomic E-state index is 11.9. The first kappa shape index (κ1) is 17.5. The summed E-state index contributed by atoms with van der Waals surface area (Å²) < 4.78 is 0. The first-order valence-corrected chi connectivity index (χ1v) is 6.89. The van der Waals surface area contributed by atoms with Gasteiger partial charge in [-0.1, -0.05) is 12.1 Å². The average Bonchev–Trinajstić information content (AvgIpc) is 2.95. The molecule has 116 valence electrons. The molecule has 21 heavy (non-hydrogen) atoms. The van der Waals surface area contributed by atoms with Crippen molar-refractivity contribution in [3.8, 4) is 0 Å². The van der Waals surface area contributed by atoms with Crippen LogP contribution in [0, 0.1) is 0 Å². The van der Waals surface area contributed by atoms with Crippen LogP contribution in [0.25, 0.3) is 0 Å². The predicted octanol–water partition coefficient (Wildman–Crippen LogP) is 1.43. The zero-order valence-electron chi connectivity index (χ0n) is 12.4. The number of rotatable bonds is 4. The number of carbonyl (C=O) groups is 2. The molecule has 5 nitrogen and oxygen atoms in total. The molecule has 0 spiro atoms. The Bertz CT molecular complexity index is 482. The number of hydrogen-bond donors (Lipinski definition) is 2. The number of halogens is 1. The number of amides is 2. The fraction of sp³-hybridized carbons (Fsp3) is 0.467. The van der Waals surface area contributed by atoms with Crippen molar-refractivity contribution in [1.29, 1.82) is 0 Å². The van der Waals surface area contributed by atoms with Crippen molar-refractivity contribution in [2.24, 2.45) is 0 Å². The lowest BCUT2D eigenvalue weighted by atomic mass is 10.1. The van der Waals surface area contributed by atoms with Gasteiger partial charge in [-0.25, -0.2) is 0 Å². The Morgan fingerprint density at radius 2 is 1.95 bits per heavy atom. The molecule has 1 aromatic carbocycles.